The van der Waals surface area contributed by atoms with Gasteiger partial charge in [-0.3, -0.25) is 0 Å². The topological polar surface area (TPSA) is 39.1 Å². The molecule has 0 radical (unpaired) electrons. The third-order valence-corrected chi connectivity index (χ3v) is 2.30. The molecule has 14 heavy (non-hydrogen) atoms. The summed E-state index contributed by atoms with van der Waals surface area (Å²) in [7, 11) is 0. The van der Waals surface area contributed by atoms with E-state index in [0.29, 0.717) is 6.04 Å². The number of ether oxygens (including phenoxy) is 1. The lowest BCUT2D eigenvalue weighted by Gasteiger charge is -2.12. The highest BCUT2D eigenvalue weighted by atomic mass is 16.5. The van der Waals surface area contributed by atoms with Gasteiger partial charge in [0.2, 0.25) is 5.95 Å². The van der Waals surface area contributed by atoms with Crippen LogP contribution in [0.25, 0.3) is 0 Å². The van der Waals surface area contributed by atoms with Gasteiger partial charge in [-0.1, -0.05) is 6.08 Å². The van der Waals surface area contributed by atoms with Crippen molar-refractivity contribution in [1.29, 1.82) is 0 Å². The zero-order chi connectivity index (χ0) is 9.80. The van der Waals surface area contributed by atoms with Gasteiger partial charge in [-0.2, -0.15) is 0 Å². The van der Waals surface area contributed by atoms with Crippen molar-refractivity contribution in [3.05, 3.63) is 25.0 Å². The summed E-state index contributed by atoms with van der Waals surface area (Å²) in [5.74, 6) is 0.903. The quantitative estimate of drug-likeness (QED) is 0.732. The largest absolute Gasteiger partial charge is 0.379 e. The van der Waals surface area contributed by atoms with Gasteiger partial charge in [-0.25, -0.2) is 4.98 Å². The predicted molar refractivity (Wildman–Crippen MR) is 55.3 cm³/mol. The summed E-state index contributed by atoms with van der Waals surface area (Å²) in [4.78, 5) is 4.25. The fourth-order valence-corrected chi connectivity index (χ4v) is 1.57. The van der Waals surface area contributed by atoms with Crippen LogP contribution in [0.3, 0.4) is 0 Å². The van der Waals surface area contributed by atoms with Crippen LogP contribution in [0.15, 0.2) is 25.0 Å². The van der Waals surface area contributed by atoms with Crippen LogP contribution >= 0.6 is 0 Å². The third-order valence-electron chi connectivity index (χ3n) is 2.30. The van der Waals surface area contributed by atoms with Gasteiger partial charge < -0.3 is 14.6 Å². The molecular weight excluding hydrogens is 178 g/mol. The summed E-state index contributed by atoms with van der Waals surface area (Å²) in [6, 6.07) is 0.404. The van der Waals surface area contributed by atoms with Gasteiger partial charge in [-0.15, -0.1) is 6.58 Å². The van der Waals surface area contributed by atoms with Crippen LogP contribution in [-0.2, 0) is 11.3 Å². The molecule has 0 aromatic carbocycles. The Bertz CT molecular complexity index is 302. The molecule has 0 bridgehead atoms. The van der Waals surface area contributed by atoms with E-state index in [2.05, 4.69) is 16.9 Å². The molecule has 1 saturated heterocycles. The first-order chi connectivity index (χ1) is 6.90. The average Bonchev–Trinajstić information content (AvgIpc) is 2.80. The van der Waals surface area contributed by atoms with Crippen molar-refractivity contribution < 1.29 is 4.74 Å². The third kappa shape index (κ3) is 1.96. The molecule has 1 atom stereocenters. The Kier molecular flexibility index (Phi) is 2.84. The minimum Gasteiger partial charge on any atom is -0.379 e. The van der Waals surface area contributed by atoms with Crippen molar-refractivity contribution in [3.8, 4) is 0 Å². The van der Waals surface area contributed by atoms with E-state index in [1.807, 2.05) is 16.8 Å². The fraction of sp³-hybridized carbons (Fsp3) is 0.500. The number of nitrogens with one attached hydrogen (secondary N) is 1. The predicted octanol–water partition coefficient (Wildman–Crippen LogP) is 1.27. The van der Waals surface area contributed by atoms with Crippen molar-refractivity contribution in [2.45, 2.75) is 19.0 Å². The Morgan fingerprint density at radius 3 is 3.43 bits per heavy atom. The van der Waals surface area contributed by atoms with Crippen LogP contribution in [0.1, 0.15) is 6.42 Å². The number of hydrogen-bond donors (Lipinski definition) is 1. The maximum absolute atomic E-state index is 5.29. The number of nitrogens with zero attached hydrogens (tertiary/aromatic N) is 2. The highest BCUT2D eigenvalue weighted by molar-refractivity contribution is 5.28. The molecule has 2 rings (SSSR count). The maximum atomic E-state index is 5.29. The number of rotatable bonds is 4. The average molecular weight is 193 g/mol. The monoisotopic (exact) mass is 193 g/mol. The van der Waals surface area contributed by atoms with E-state index in [1.54, 1.807) is 6.20 Å². The molecule has 1 aliphatic rings. The van der Waals surface area contributed by atoms with E-state index in [1.165, 1.54) is 0 Å². The number of allylic oxidation sites excluding steroid dienone is 1. The second-order valence-electron chi connectivity index (χ2n) is 3.40. The summed E-state index contributed by atoms with van der Waals surface area (Å²) in [5.41, 5.74) is 0. The molecule has 1 unspecified atom stereocenters. The first-order valence-corrected chi connectivity index (χ1v) is 4.86. The SMILES string of the molecule is C=CCn1ccnc1NC1CCOC1. The minimum absolute atomic E-state index is 0.404. The Morgan fingerprint density at radius 1 is 1.79 bits per heavy atom. The normalized spacial score (nSPS) is 21.0. The van der Waals surface area contributed by atoms with Crippen molar-refractivity contribution in [1.82, 2.24) is 9.55 Å². The first kappa shape index (κ1) is 9.27. The van der Waals surface area contributed by atoms with E-state index in [4.69, 9.17) is 4.74 Å². The van der Waals surface area contributed by atoms with Gasteiger partial charge in [0, 0.05) is 25.5 Å². The molecule has 0 amide bonds. The summed E-state index contributed by atoms with van der Waals surface area (Å²) in [6.45, 7) is 6.12. The molecule has 1 aromatic heterocycles. The highest BCUT2D eigenvalue weighted by Gasteiger charge is 2.16. The standard InChI is InChI=1S/C10H15N3O/c1-2-5-13-6-4-11-10(13)12-9-3-7-14-8-9/h2,4,6,9H,1,3,5,7-8H2,(H,11,12). The molecular formula is C10H15N3O. The Labute approximate surface area is 83.6 Å². The lowest BCUT2D eigenvalue weighted by Crippen LogP contribution is -2.21. The van der Waals surface area contributed by atoms with E-state index >= 15 is 0 Å². The molecule has 0 spiro atoms. The second kappa shape index (κ2) is 4.28. The maximum Gasteiger partial charge on any atom is 0.203 e. The van der Waals surface area contributed by atoms with Crippen LogP contribution in [-0.4, -0.2) is 28.8 Å². The summed E-state index contributed by atoms with van der Waals surface area (Å²) in [5, 5.41) is 3.35. The molecule has 2 heterocycles. The van der Waals surface area contributed by atoms with Crippen molar-refractivity contribution in [2.75, 3.05) is 18.5 Å². The number of imidazole rings is 1. The molecule has 1 aliphatic heterocycles. The van der Waals surface area contributed by atoms with E-state index < -0.39 is 0 Å². The van der Waals surface area contributed by atoms with Gasteiger partial charge >= 0.3 is 0 Å². The summed E-state index contributed by atoms with van der Waals surface area (Å²) < 4.78 is 7.32. The van der Waals surface area contributed by atoms with Crippen molar-refractivity contribution in [3.63, 3.8) is 0 Å². The zero-order valence-electron chi connectivity index (χ0n) is 8.15. The van der Waals surface area contributed by atoms with Crippen LogP contribution < -0.4 is 5.32 Å². The van der Waals surface area contributed by atoms with E-state index in [0.717, 1.165) is 32.1 Å². The molecule has 4 nitrogen and oxygen atoms in total. The van der Waals surface area contributed by atoms with Crippen LogP contribution in [0.4, 0.5) is 5.95 Å². The summed E-state index contributed by atoms with van der Waals surface area (Å²) in [6.07, 6.45) is 6.65. The Balaban J connectivity index is 1.99. The lowest BCUT2D eigenvalue weighted by atomic mass is 10.3. The van der Waals surface area contributed by atoms with Crippen LogP contribution in [0, 0.1) is 0 Å². The Morgan fingerprint density at radius 2 is 2.71 bits per heavy atom. The van der Waals surface area contributed by atoms with E-state index in [9.17, 15) is 0 Å². The summed E-state index contributed by atoms with van der Waals surface area (Å²) >= 11 is 0. The molecule has 1 fully saturated rings. The van der Waals surface area contributed by atoms with Gasteiger partial charge in [0.1, 0.15) is 0 Å². The molecule has 4 heteroatoms. The first-order valence-electron chi connectivity index (χ1n) is 4.86. The van der Waals surface area contributed by atoms with Crippen LogP contribution in [0.2, 0.25) is 0 Å². The number of hydrogen-bond acceptors (Lipinski definition) is 3. The van der Waals surface area contributed by atoms with Gasteiger partial charge in [0.15, 0.2) is 0 Å². The zero-order valence-corrected chi connectivity index (χ0v) is 8.15. The minimum atomic E-state index is 0.404. The molecule has 1 aromatic rings. The molecule has 0 aliphatic carbocycles. The van der Waals surface area contributed by atoms with Crippen molar-refractivity contribution >= 4 is 5.95 Å². The lowest BCUT2D eigenvalue weighted by molar-refractivity contribution is 0.195. The van der Waals surface area contributed by atoms with Crippen molar-refractivity contribution in [2.24, 2.45) is 0 Å². The van der Waals surface area contributed by atoms with Crippen LogP contribution in [0.5, 0.6) is 0 Å². The second-order valence-corrected chi connectivity index (χ2v) is 3.40. The number of aromatic nitrogens is 2. The fourth-order valence-electron chi connectivity index (χ4n) is 1.57. The van der Waals surface area contributed by atoms with Gasteiger partial charge in [-0.05, 0) is 6.42 Å². The Hall–Kier alpha value is -1.29. The van der Waals surface area contributed by atoms with E-state index in [-0.39, 0.29) is 0 Å². The molecule has 76 valence electrons. The number of anilines is 1. The smallest absolute Gasteiger partial charge is 0.203 e. The highest BCUT2D eigenvalue weighted by Crippen LogP contribution is 2.11. The molecule has 0 saturated carbocycles. The van der Waals surface area contributed by atoms with Gasteiger partial charge in [0.25, 0.3) is 0 Å². The molecule has 1 N–H and O–H groups in total. The van der Waals surface area contributed by atoms with Gasteiger partial charge in [0.05, 0.1) is 12.6 Å².